The van der Waals surface area contributed by atoms with Gasteiger partial charge in [0.1, 0.15) is 5.82 Å². The number of hydrazine groups is 1. The second-order valence-corrected chi connectivity index (χ2v) is 4.43. The Morgan fingerprint density at radius 3 is 2.50 bits per heavy atom. The number of benzene rings is 2. The molecule has 0 atom stereocenters. The number of halogens is 1. The van der Waals surface area contributed by atoms with Crippen molar-refractivity contribution in [3.8, 4) is 0 Å². The Balaban J connectivity index is 2.00. The first kappa shape index (κ1) is 14.0. The van der Waals surface area contributed by atoms with E-state index in [1.807, 2.05) is 36.4 Å². The van der Waals surface area contributed by atoms with Gasteiger partial charge in [-0.3, -0.25) is 5.43 Å². The Morgan fingerprint density at radius 2 is 1.85 bits per heavy atom. The molecule has 0 unspecified atom stereocenters. The maximum absolute atomic E-state index is 14.0. The molecule has 0 heterocycles. The van der Waals surface area contributed by atoms with Crippen LogP contribution in [0.25, 0.3) is 0 Å². The summed E-state index contributed by atoms with van der Waals surface area (Å²) in [5.41, 5.74) is 12.2. The molecule has 20 heavy (non-hydrogen) atoms. The van der Waals surface area contributed by atoms with Crippen molar-refractivity contribution in [1.29, 1.82) is 0 Å². The number of rotatable bonds is 5. The fraction of sp³-hybridized carbons (Fsp3) is 0.133. The number of amides is 2. The van der Waals surface area contributed by atoms with Gasteiger partial charge in [0.2, 0.25) is 0 Å². The van der Waals surface area contributed by atoms with Crippen LogP contribution in [0.1, 0.15) is 16.7 Å². The number of carbonyl (C=O) groups excluding carboxylic acids is 1. The van der Waals surface area contributed by atoms with E-state index in [-0.39, 0.29) is 5.82 Å². The minimum atomic E-state index is -0.675. The van der Waals surface area contributed by atoms with E-state index in [1.165, 1.54) is 6.07 Å². The fourth-order valence-electron chi connectivity index (χ4n) is 1.89. The van der Waals surface area contributed by atoms with Crippen molar-refractivity contribution in [2.24, 2.45) is 5.73 Å². The molecule has 2 amide bonds. The smallest absolute Gasteiger partial charge is 0.326 e. The van der Waals surface area contributed by atoms with Crippen molar-refractivity contribution < 1.29 is 9.18 Å². The van der Waals surface area contributed by atoms with Gasteiger partial charge in [0.05, 0.1) is 0 Å². The topological polar surface area (TPSA) is 67.2 Å². The average molecular weight is 273 g/mol. The number of carbonyl (C=O) groups is 1. The van der Waals surface area contributed by atoms with Gasteiger partial charge in [0.25, 0.3) is 0 Å². The molecule has 0 aliphatic heterocycles. The van der Waals surface area contributed by atoms with E-state index in [0.717, 1.165) is 11.1 Å². The molecule has 0 bridgehead atoms. The lowest BCUT2D eigenvalue weighted by Gasteiger charge is -2.08. The molecule has 0 aliphatic rings. The third kappa shape index (κ3) is 4.07. The summed E-state index contributed by atoms with van der Waals surface area (Å²) in [7, 11) is 0. The number of nitrogens with one attached hydrogen (secondary N) is 2. The van der Waals surface area contributed by atoms with E-state index >= 15 is 0 Å². The molecule has 0 fully saturated rings. The van der Waals surface area contributed by atoms with Crippen LogP contribution in [-0.2, 0) is 13.0 Å². The lowest BCUT2D eigenvalue weighted by Crippen LogP contribution is -2.40. The first-order chi connectivity index (χ1) is 9.65. The minimum Gasteiger partial charge on any atom is -0.351 e. The largest absolute Gasteiger partial charge is 0.351 e. The Kier molecular flexibility index (Phi) is 4.68. The Hall–Kier alpha value is -2.40. The summed E-state index contributed by atoms with van der Waals surface area (Å²) in [5.74, 6) is -0.257. The molecule has 2 rings (SSSR count). The predicted molar refractivity (Wildman–Crippen MR) is 75.2 cm³/mol. The summed E-state index contributed by atoms with van der Waals surface area (Å²) < 4.78 is 14.0. The molecule has 5 heteroatoms. The van der Waals surface area contributed by atoms with Crippen LogP contribution in [-0.4, -0.2) is 6.03 Å². The van der Waals surface area contributed by atoms with E-state index in [0.29, 0.717) is 18.5 Å². The van der Waals surface area contributed by atoms with Crippen LogP contribution in [0, 0.1) is 5.82 Å². The summed E-state index contributed by atoms with van der Waals surface area (Å²) in [6, 6.07) is 14.1. The molecule has 2 aromatic rings. The van der Waals surface area contributed by atoms with Crippen LogP contribution in [0.2, 0.25) is 0 Å². The summed E-state index contributed by atoms with van der Waals surface area (Å²) in [6.45, 7) is 0.311. The first-order valence-electron chi connectivity index (χ1n) is 6.24. The van der Waals surface area contributed by atoms with Gasteiger partial charge >= 0.3 is 6.03 Å². The van der Waals surface area contributed by atoms with Crippen LogP contribution >= 0.6 is 0 Å². The van der Waals surface area contributed by atoms with Crippen molar-refractivity contribution in [3.63, 3.8) is 0 Å². The van der Waals surface area contributed by atoms with Gasteiger partial charge in [-0.1, -0.05) is 42.5 Å². The monoisotopic (exact) mass is 273 g/mol. The van der Waals surface area contributed by atoms with Crippen molar-refractivity contribution in [3.05, 3.63) is 71.0 Å². The zero-order chi connectivity index (χ0) is 14.4. The highest BCUT2D eigenvalue weighted by Gasteiger charge is 2.05. The van der Waals surface area contributed by atoms with Gasteiger partial charge in [0, 0.05) is 13.0 Å². The number of urea groups is 1. The van der Waals surface area contributed by atoms with Crippen LogP contribution in [0.4, 0.5) is 9.18 Å². The highest BCUT2D eigenvalue weighted by Crippen LogP contribution is 2.15. The number of hydrogen-bond donors (Lipinski definition) is 3. The molecule has 0 saturated heterocycles. The third-order valence-corrected chi connectivity index (χ3v) is 2.86. The van der Waals surface area contributed by atoms with Crippen LogP contribution in [0.3, 0.4) is 0 Å². The first-order valence-corrected chi connectivity index (χ1v) is 6.24. The summed E-state index contributed by atoms with van der Waals surface area (Å²) in [4.78, 5) is 10.5. The van der Waals surface area contributed by atoms with E-state index in [4.69, 9.17) is 5.73 Å². The van der Waals surface area contributed by atoms with Crippen LogP contribution < -0.4 is 16.6 Å². The highest BCUT2D eigenvalue weighted by atomic mass is 19.1. The number of primary amides is 1. The number of hydrogen-bond acceptors (Lipinski definition) is 2. The summed E-state index contributed by atoms with van der Waals surface area (Å²) in [5, 5.41) is 0. The average Bonchev–Trinajstić information content (AvgIpc) is 2.42. The molecule has 0 aromatic heterocycles. The van der Waals surface area contributed by atoms with Crippen molar-refractivity contribution in [1.82, 2.24) is 10.9 Å². The lowest BCUT2D eigenvalue weighted by atomic mass is 10.0. The van der Waals surface area contributed by atoms with Crippen LogP contribution in [0.15, 0.2) is 48.5 Å². The molecule has 0 spiro atoms. The van der Waals surface area contributed by atoms with E-state index in [1.54, 1.807) is 6.07 Å². The van der Waals surface area contributed by atoms with Gasteiger partial charge in [0.15, 0.2) is 0 Å². The maximum Gasteiger partial charge on any atom is 0.326 e. The molecule has 0 saturated carbocycles. The van der Waals surface area contributed by atoms with Gasteiger partial charge in [-0.15, -0.1) is 0 Å². The van der Waals surface area contributed by atoms with Gasteiger partial charge in [-0.2, -0.15) is 0 Å². The van der Waals surface area contributed by atoms with Gasteiger partial charge in [-0.05, 0) is 22.8 Å². The summed E-state index contributed by atoms with van der Waals surface area (Å²) in [6.07, 6.45) is 0.555. The number of nitrogens with two attached hydrogens (primary N) is 1. The zero-order valence-corrected chi connectivity index (χ0v) is 10.9. The van der Waals surface area contributed by atoms with Crippen molar-refractivity contribution in [2.75, 3.05) is 0 Å². The van der Waals surface area contributed by atoms with Crippen molar-refractivity contribution >= 4 is 6.03 Å². The van der Waals surface area contributed by atoms with Crippen molar-refractivity contribution in [2.45, 2.75) is 13.0 Å². The second kappa shape index (κ2) is 6.68. The van der Waals surface area contributed by atoms with E-state index in [9.17, 15) is 9.18 Å². The fourth-order valence-corrected chi connectivity index (χ4v) is 1.89. The predicted octanol–water partition coefficient (Wildman–Crippen LogP) is 2.09. The third-order valence-electron chi connectivity index (χ3n) is 2.86. The van der Waals surface area contributed by atoms with E-state index < -0.39 is 6.03 Å². The lowest BCUT2D eigenvalue weighted by molar-refractivity contribution is 0.244. The minimum absolute atomic E-state index is 0.257. The Bertz CT molecular complexity index is 587. The molecular formula is C15H16FN3O. The normalized spacial score (nSPS) is 10.2. The Morgan fingerprint density at radius 1 is 1.10 bits per heavy atom. The standard InChI is InChI=1S/C15H16FN3O/c16-14-9-12(10-18-19-15(17)20)6-7-13(14)8-11-4-2-1-3-5-11/h1-7,9,18H,8,10H2,(H3,17,19,20). The maximum atomic E-state index is 14.0. The second-order valence-electron chi connectivity index (χ2n) is 4.43. The van der Waals surface area contributed by atoms with Gasteiger partial charge in [-0.25, -0.2) is 14.6 Å². The van der Waals surface area contributed by atoms with Crippen LogP contribution in [0.5, 0.6) is 0 Å². The molecule has 4 N–H and O–H groups in total. The molecule has 4 nitrogen and oxygen atoms in total. The molecule has 0 aliphatic carbocycles. The Labute approximate surface area is 116 Å². The quantitative estimate of drug-likeness (QED) is 0.730. The van der Waals surface area contributed by atoms with Gasteiger partial charge < -0.3 is 5.73 Å². The highest BCUT2D eigenvalue weighted by molar-refractivity contribution is 5.70. The molecule has 104 valence electrons. The molecule has 0 radical (unpaired) electrons. The zero-order valence-electron chi connectivity index (χ0n) is 10.9. The van der Waals surface area contributed by atoms with E-state index in [2.05, 4.69) is 10.9 Å². The summed E-state index contributed by atoms with van der Waals surface area (Å²) >= 11 is 0. The molecular weight excluding hydrogens is 257 g/mol. The molecule has 2 aromatic carbocycles. The SMILES string of the molecule is NC(=O)NNCc1ccc(Cc2ccccc2)c(F)c1.